The molecular formula is C21H44IN5O2. The summed E-state index contributed by atoms with van der Waals surface area (Å²) in [5.74, 6) is 1.07. The molecule has 0 spiro atoms. The number of halogens is 1. The molecule has 1 atom stereocenters. The van der Waals surface area contributed by atoms with Gasteiger partial charge in [0.05, 0.1) is 12.6 Å². The number of methoxy groups -OCH3 is 1. The summed E-state index contributed by atoms with van der Waals surface area (Å²) in [5.41, 5.74) is 0. The second-order valence-corrected chi connectivity index (χ2v) is 7.92. The molecule has 2 saturated heterocycles. The number of likely N-dealkylation sites (N-methyl/N-ethyl adjacent to an activating group) is 1. The van der Waals surface area contributed by atoms with Crippen LogP contribution in [-0.2, 0) is 9.47 Å². The summed E-state index contributed by atoms with van der Waals surface area (Å²) >= 11 is 0. The van der Waals surface area contributed by atoms with Crippen molar-refractivity contribution < 1.29 is 9.47 Å². The zero-order valence-electron chi connectivity index (χ0n) is 19.1. The van der Waals surface area contributed by atoms with E-state index in [4.69, 9.17) is 14.5 Å². The molecule has 8 heteroatoms. The molecule has 1 unspecified atom stereocenters. The number of aliphatic imine (C=N–C) groups is 1. The highest BCUT2D eigenvalue weighted by atomic mass is 127. The molecule has 0 aromatic heterocycles. The van der Waals surface area contributed by atoms with Crippen molar-refractivity contribution in [3.05, 3.63) is 0 Å². The molecule has 2 heterocycles. The standard InChI is InChI=1S/C21H43N5O2.HI/c1-5-22-21(23-18-19(3)25-14-12-24(6-2)13-15-25)26-10-8-20(9-11-26)28-17-7-16-27-4;/h19-20H,5-18H2,1-4H3,(H,22,23);1H. The molecule has 0 aromatic rings. The van der Waals surface area contributed by atoms with Gasteiger partial charge in [-0.2, -0.15) is 0 Å². The van der Waals surface area contributed by atoms with Gasteiger partial charge in [0.15, 0.2) is 5.96 Å². The predicted octanol–water partition coefficient (Wildman–Crippen LogP) is 2.11. The summed E-state index contributed by atoms with van der Waals surface area (Å²) in [5, 5.41) is 3.49. The first kappa shape index (κ1) is 26.9. The number of likely N-dealkylation sites (tertiary alicyclic amines) is 1. The van der Waals surface area contributed by atoms with Gasteiger partial charge in [0.25, 0.3) is 0 Å². The number of guanidine groups is 1. The number of piperidine rings is 1. The number of ether oxygens (including phenoxy) is 2. The minimum absolute atomic E-state index is 0. The van der Waals surface area contributed by atoms with Gasteiger partial charge in [0.2, 0.25) is 0 Å². The van der Waals surface area contributed by atoms with Gasteiger partial charge in [-0.05, 0) is 39.7 Å². The van der Waals surface area contributed by atoms with E-state index in [0.717, 1.165) is 84.2 Å². The van der Waals surface area contributed by atoms with E-state index in [1.54, 1.807) is 7.11 Å². The average Bonchev–Trinajstić information content (AvgIpc) is 2.74. The number of nitrogens with zero attached hydrogens (tertiary/aromatic N) is 4. The van der Waals surface area contributed by atoms with Crippen LogP contribution in [-0.4, -0.2) is 112 Å². The minimum atomic E-state index is 0. The Bertz CT molecular complexity index is 439. The molecule has 29 heavy (non-hydrogen) atoms. The minimum Gasteiger partial charge on any atom is -0.385 e. The Morgan fingerprint density at radius 3 is 2.34 bits per heavy atom. The first-order chi connectivity index (χ1) is 13.7. The van der Waals surface area contributed by atoms with Crippen molar-refractivity contribution in [3.8, 4) is 0 Å². The fourth-order valence-electron chi connectivity index (χ4n) is 3.97. The van der Waals surface area contributed by atoms with Gasteiger partial charge in [0, 0.05) is 72.2 Å². The topological polar surface area (TPSA) is 52.6 Å². The summed E-state index contributed by atoms with van der Waals surface area (Å²) in [7, 11) is 1.74. The molecular weight excluding hydrogens is 481 g/mol. The van der Waals surface area contributed by atoms with Crippen LogP contribution in [0, 0.1) is 0 Å². The number of nitrogens with one attached hydrogen (secondary N) is 1. The Kier molecular flexibility index (Phi) is 14.5. The van der Waals surface area contributed by atoms with Crippen LogP contribution in [0.3, 0.4) is 0 Å². The van der Waals surface area contributed by atoms with Gasteiger partial charge in [-0.15, -0.1) is 24.0 Å². The summed E-state index contributed by atoms with van der Waals surface area (Å²) < 4.78 is 11.1. The van der Waals surface area contributed by atoms with E-state index in [1.807, 2.05) is 0 Å². The lowest BCUT2D eigenvalue weighted by molar-refractivity contribution is 0.00987. The third-order valence-corrected chi connectivity index (χ3v) is 5.91. The molecule has 7 nitrogen and oxygen atoms in total. The number of piperazine rings is 1. The first-order valence-electron chi connectivity index (χ1n) is 11.3. The lowest BCUT2D eigenvalue weighted by atomic mass is 10.1. The van der Waals surface area contributed by atoms with Crippen molar-refractivity contribution in [1.29, 1.82) is 0 Å². The van der Waals surface area contributed by atoms with Crippen molar-refractivity contribution in [2.75, 3.05) is 79.2 Å². The van der Waals surface area contributed by atoms with E-state index >= 15 is 0 Å². The van der Waals surface area contributed by atoms with E-state index in [0.29, 0.717) is 12.1 Å². The van der Waals surface area contributed by atoms with Crippen LogP contribution < -0.4 is 5.32 Å². The highest BCUT2D eigenvalue weighted by molar-refractivity contribution is 14.0. The zero-order valence-corrected chi connectivity index (χ0v) is 21.4. The zero-order chi connectivity index (χ0) is 20.2. The van der Waals surface area contributed by atoms with Crippen molar-refractivity contribution in [2.24, 2.45) is 4.99 Å². The van der Waals surface area contributed by atoms with Crippen LogP contribution in [0.4, 0.5) is 0 Å². The molecule has 2 aliphatic rings. The van der Waals surface area contributed by atoms with Gasteiger partial charge in [-0.3, -0.25) is 9.89 Å². The number of rotatable bonds is 10. The van der Waals surface area contributed by atoms with Crippen LogP contribution in [0.25, 0.3) is 0 Å². The lowest BCUT2D eigenvalue weighted by Gasteiger charge is -2.37. The van der Waals surface area contributed by atoms with E-state index in [9.17, 15) is 0 Å². The number of hydrogen-bond donors (Lipinski definition) is 1. The number of hydrogen-bond acceptors (Lipinski definition) is 5. The molecule has 0 amide bonds. The molecule has 0 saturated carbocycles. The van der Waals surface area contributed by atoms with Crippen LogP contribution in [0.1, 0.15) is 40.0 Å². The summed E-state index contributed by atoms with van der Waals surface area (Å²) in [6, 6.07) is 0.495. The monoisotopic (exact) mass is 525 g/mol. The Hall–Kier alpha value is -0.160. The Morgan fingerprint density at radius 1 is 1.07 bits per heavy atom. The van der Waals surface area contributed by atoms with Crippen molar-refractivity contribution in [3.63, 3.8) is 0 Å². The van der Waals surface area contributed by atoms with E-state index < -0.39 is 0 Å². The molecule has 0 bridgehead atoms. The maximum absolute atomic E-state index is 5.99. The fourth-order valence-corrected chi connectivity index (χ4v) is 3.97. The third-order valence-electron chi connectivity index (χ3n) is 5.91. The fraction of sp³-hybridized carbons (Fsp3) is 0.952. The highest BCUT2D eigenvalue weighted by Crippen LogP contribution is 2.14. The van der Waals surface area contributed by atoms with Crippen LogP contribution >= 0.6 is 24.0 Å². The summed E-state index contributed by atoms with van der Waals surface area (Å²) in [6.07, 6.45) is 3.51. The summed E-state index contributed by atoms with van der Waals surface area (Å²) in [4.78, 5) is 12.5. The Morgan fingerprint density at radius 2 is 1.76 bits per heavy atom. The molecule has 2 fully saturated rings. The van der Waals surface area contributed by atoms with Gasteiger partial charge in [-0.25, -0.2) is 0 Å². The molecule has 0 radical (unpaired) electrons. The SMILES string of the molecule is CCNC(=NCC(C)N1CCN(CC)CC1)N1CCC(OCCCOC)CC1.I. The van der Waals surface area contributed by atoms with Crippen LogP contribution in [0.2, 0.25) is 0 Å². The third kappa shape index (κ3) is 9.67. The van der Waals surface area contributed by atoms with E-state index in [-0.39, 0.29) is 24.0 Å². The van der Waals surface area contributed by atoms with Gasteiger partial charge >= 0.3 is 0 Å². The molecule has 2 rings (SSSR count). The van der Waals surface area contributed by atoms with Crippen LogP contribution in [0.5, 0.6) is 0 Å². The highest BCUT2D eigenvalue weighted by Gasteiger charge is 2.23. The molecule has 172 valence electrons. The van der Waals surface area contributed by atoms with Crippen molar-refractivity contribution in [1.82, 2.24) is 20.0 Å². The normalized spacial score (nSPS) is 21.1. The predicted molar refractivity (Wildman–Crippen MR) is 132 cm³/mol. The lowest BCUT2D eigenvalue weighted by Crippen LogP contribution is -2.51. The van der Waals surface area contributed by atoms with Gasteiger partial charge < -0.3 is 24.6 Å². The van der Waals surface area contributed by atoms with Crippen molar-refractivity contribution >= 4 is 29.9 Å². The molecule has 2 aliphatic heterocycles. The second-order valence-electron chi connectivity index (χ2n) is 7.92. The largest absolute Gasteiger partial charge is 0.385 e. The quantitative estimate of drug-likeness (QED) is 0.204. The Labute approximate surface area is 195 Å². The second kappa shape index (κ2) is 15.6. The van der Waals surface area contributed by atoms with E-state index in [2.05, 4.69) is 40.8 Å². The summed E-state index contributed by atoms with van der Waals surface area (Å²) in [6.45, 7) is 18.0. The van der Waals surface area contributed by atoms with Crippen molar-refractivity contribution in [2.45, 2.75) is 52.2 Å². The molecule has 0 aromatic carbocycles. The van der Waals surface area contributed by atoms with E-state index in [1.165, 1.54) is 13.1 Å². The first-order valence-corrected chi connectivity index (χ1v) is 11.3. The maximum Gasteiger partial charge on any atom is 0.193 e. The maximum atomic E-state index is 5.99. The van der Waals surface area contributed by atoms with Crippen LogP contribution in [0.15, 0.2) is 4.99 Å². The van der Waals surface area contributed by atoms with Gasteiger partial charge in [-0.1, -0.05) is 6.92 Å². The molecule has 1 N–H and O–H groups in total. The average molecular weight is 526 g/mol. The molecule has 0 aliphatic carbocycles. The smallest absolute Gasteiger partial charge is 0.193 e. The van der Waals surface area contributed by atoms with Gasteiger partial charge in [0.1, 0.15) is 0 Å². The Balaban J connectivity index is 0.00000420.